The van der Waals surface area contributed by atoms with Crippen molar-refractivity contribution in [1.29, 1.82) is 0 Å². The number of hydrogen-bond donors (Lipinski definition) is 1. The van der Waals surface area contributed by atoms with Gasteiger partial charge in [-0.05, 0) is 82.7 Å². The summed E-state index contributed by atoms with van der Waals surface area (Å²) in [6, 6.07) is 2.21. The molecule has 8 nitrogen and oxygen atoms in total. The van der Waals surface area contributed by atoms with Crippen LogP contribution in [0.5, 0.6) is 0 Å². The summed E-state index contributed by atoms with van der Waals surface area (Å²) in [5.41, 5.74) is 1.28. The molecule has 0 bridgehead atoms. The lowest BCUT2D eigenvalue weighted by molar-refractivity contribution is -0.890. The van der Waals surface area contributed by atoms with Crippen molar-refractivity contribution in [2.45, 2.75) is 127 Å². The molecule has 13 heteroatoms. The average molecular weight is 641 g/mol. The quantitative estimate of drug-likeness (QED) is 0.0548. The summed E-state index contributed by atoms with van der Waals surface area (Å²) in [4.78, 5) is 12.5. The number of carbonyl (C=O) groups excluding carboxylic acids is 1. The summed E-state index contributed by atoms with van der Waals surface area (Å²) in [6.45, 7) is 12.4. The van der Waals surface area contributed by atoms with E-state index in [4.69, 9.17) is 8.67 Å². The maximum Gasteiger partial charge on any atom is 0.275 e. The normalized spacial score (nSPS) is 13.0. The van der Waals surface area contributed by atoms with Crippen molar-refractivity contribution in [1.82, 2.24) is 0 Å². The second-order valence-corrected chi connectivity index (χ2v) is 28.7. The average Bonchev–Trinajstić information content (AvgIpc) is 2.79. The lowest BCUT2D eigenvalue weighted by Gasteiger charge is -2.37. The van der Waals surface area contributed by atoms with Gasteiger partial charge in [-0.3, -0.25) is 9.35 Å². The number of rotatable bonds is 25. The number of carbonyl (C=O) groups is 1. The van der Waals surface area contributed by atoms with Gasteiger partial charge in [0.05, 0.1) is 32.9 Å². The fourth-order valence-electron chi connectivity index (χ4n) is 5.03. The Balaban J connectivity index is 4.46. The summed E-state index contributed by atoms with van der Waals surface area (Å²) < 4.78 is 63.3. The highest BCUT2D eigenvalue weighted by molar-refractivity contribution is 7.85. The van der Waals surface area contributed by atoms with Crippen LogP contribution < -0.4 is 0 Å². The Morgan fingerprint density at radius 1 is 0.795 bits per heavy atom. The molecule has 0 aromatic carbocycles. The van der Waals surface area contributed by atoms with E-state index in [9.17, 15) is 22.1 Å². The number of quaternary nitrogens is 1. The minimum absolute atomic E-state index is 0.162. The molecular formula is C26H58NO7SSi4+. The maximum atomic E-state index is 12.6. The minimum atomic E-state index is -3.86. The van der Waals surface area contributed by atoms with Gasteiger partial charge in [0.25, 0.3) is 27.5 Å². The topological polar surface area (TPSA) is 115 Å². The van der Waals surface area contributed by atoms with Crippen LogP contribution in [-0.4, -0.2) is 90.2 Å². The molecular weight excluding hydrogens is 583 g/mol. The molecule has 0 radical (unpaired) electrons. The first-order valence-corrected chi connectivity index (χ1v) is 26.1. The minimum Gasteiger partial charge on any atom is -0.455 e. The van der Waals surface area contributed by atoms with Crippen LogP contribution in [0.4, 0.5) is 0 Å². The number of unbranched alkanes of at least 4 members (excludes halogenated alkanes) is 5. The van der Waals surface area contributed by atoms with Gasteiger partial charge in [-0.15, -0.1) is 0 Å². The molecule has 0 aliphatic heterocycles. The van der Waals surface area contributed by atoms with Gasteiger partial charge in [0.2, 0.25) is 0 Å². The van der Waals surface area contributed by atoms with Crippen LogP contribution in [0.1, 0.15) is 78.1 Å². The highest BCUT2D eigenvalue weighted by Gasteiger charge is 2.42. The molecule has 0 rings (SSSR count). The van der Waals surface area contributed by atoms with E-state index >= 15 is 0 Å². The summed E-state index contributed by atoms with van der Waals surface area (Å²) >= 11 is 0. The van der Waals surface area contributed by atoms with Gasteiger partial charge >= 0.3 is 0 Å². The van der Waals surface area contributed by atoms with Gasteiger partial charge < -0.3 is 17.5 Å². The smallest absolute Gasteiger partial charge is 0.275 e. The van der Waals surface area contributed by atoms with Crippen LogP contribution >= 0.6 is 0 Å². The zero-order chi connectivity index (χ0) is 30.2. The number of Topliss-reactive ketones (excluding diaryl/α,β-unsaturated/α-hetero) is 1. The van der Waals surface area contributed by atoms with Crippen molar-refractivity contribution >= 4 is 49.9 Å². The second kappa shape index (κ2) is 19.2. The first-order chi connectivity index (χ1) is 17.9. The Bertz CT molecular complexity index is 843. The lowest BCUT2D eigenvalue weighted by atomic mass is 10.1. The van der Waals surface area contributed by atoms with Crippen molar-refractivity contribution in [3.8, 4) is 0 Å². The van der Waals surface area contributed by atoms with Gasteiger partial charge in [0, 0.05) is 24.2 Å². The Morgan fingerprint density at radius 2 is 1.26 bits per heavy atom. The number of ketones is 1. The third kappa shape index (κ3) is 22.3. The molecule has 0 unspecified atom stereocenters. The Hall–Kier alpha value is -0.0325. The standard InChI is InChI=1S/C26H57NO7SSi4/c1-8-36(32)24-39(25-37(33)9-2,34-38(5,6)7)23-17-13-19-26(28)18-12-10-14-20-27(3,4)21-15-11-16-22-35(29,30)31/h8-25H2,1-7H3/p+1. The predicted molar refractivity (Wildman–Crippen MR) is 168 cm³/mol. The molecule has 230 valence electrons. The molecule has 0 saturated carbocycles. The molecule has 0 aliphatic carbocycles. The fourth-order valence-corrected chi connectivity index (χ4v) is 24.8. The molecule has 0 aliphatic rings. The van der Waals surface area contributed by atoms with Crippen molar-refractivity contribution in [2.75, 3.05) is 32.9 Å². The molecule has 0 saturated heterocycles. The molecule has 0 atom stereocenters. The van der Waals surface area contributed by atoms with E-state index in [1.54, 1.807) is 0 Å². The van der Waals surface area contributed by atoms with Crippen molar-refractivity contribution in [3.63, 3.8) is 0 Å². The summed E-state index contributed by atoms with van der Waals surface area (Å²) in [5.74, 6) is 0.148. The molecule has 0 heterocycles. The number of hydrogen-bond acceptors (Lipinski definition) is 6. The summed E-state index contributed by atoms with van der Waals surface area (Å²) in [7, 11) is -7.18. The van der Waals surface area contributed by atoms with Crippen LogP contribution in [0.3, 0.4) is 0 Å². The van der Waals surface area contributed by atoms with Crippen molar-refractivity contribution < 1.29 is 35.3 Å². The van der Waals surface area contributed by atoms with E-state index in [1.807, 2.05) is 13.8 Å². The summed E-state index contributed by atoms with van der Waals surface area (Å²) in [6.07, 6.45) is 8.10. The van der Waals surface area contributed by atoms with Gasteiger partial charge in [-0.2, -0.15) is 8.42 Å². The first kappa shape index (κ1) is 39.0. The predicted octanol–water partition coefficient (Wildman–Crippen LogP) is 6.18. The molecule has 0 spiro atoms. The van der Waals surface area contributed by atoms with E-state index in [0.717, 1.165) is 68.6 Å². The third-order valence-electron chi connectivity index (χ3n) is 7.07. The maximum absolute atomic E-state index is 12.6. The fraction of sp³-hybridized carbons (Fsp3) is 0.962. The molecule has 0 amide bonds. The van der Waals surface area contributed by atoms with Crippen LogP contribution in [0.25, 0.3) is 0 Å². The zero-order valence-electron chi connectivity index (χ0n) is 26.0. The SMILES string of the molecule is CC[Si](=O)C[Si](CCCCC(=O)CCCCC[N+](C)(C)CCCCCS(=O)(=O)O)(C[Si](=O)CC)O[Si](C)(C)C. The van der Waals surface area contributed by atoms with Crippen LogP contribution in [0.15, 0.2) is 0 Å². The van der Waals surface area contributed by atoms with Crippen LogP contribution in [-0.2, 0) is 28.0 Å². The van der Waals surface area contributed by atoms with Gasteiger partial charge in [-0.1, -0.05) is 20.3 Å². The molecule has 39 heavy (non-hydrogen) atoms. The highest BCUT2D eigenvalue weighted by Crippen LogP contribution is 2.30. The summed E-state index contributed by atoms with van der Waals surface area (Å²) in [5, 5.41) is 0. The van der Waals surface area contributed by atoms with E-state index in [-0.39, 0.29) is 5.75 Å². The Kier molecular flexibility index (Phi) is 19.2. The first-order valence-electron chi connectivity index (χ1n) is 14.9. The van der Waals surface area contributed by atoms with Crippen molar-refractivity contribution in [3.05, 3.63) is 0 Å². The molecule has 0 fully saturated rings. The third-order valence-corrected chi connectivity index (χ3v) is 23.2. The lowest BCUT2D eigenvalue weighted by Crippen LogP contribution is -2.50. The van der Waals surface area contributed by atoms with Crippen molar-refractivity contribution in [2.24, 2.45) is 0 Å². The van der Waals surface area contributed by atoms with E-state index in [2.05, 4.69) is 33.7 Å². The monoisotopic (exact) mass is 640 g/mol. The van der Waals surface area contributed by atoms with E-state index in [0.29, 0.717) is 48.5 Å². The zero-order valence-corrected chi connectivity index (χ0v) is 30.8. The van der Waals surface area contributed by atoms with Gasteiger partial charge in [-0.25, -0.2) is 0 Å². The molecule has 0 aromatic heterocycles. The van der Waals surface area contributed by atoms with Gasteiger partial charge in [0.1, 0.15) is 5.78 Å². The number of nitrogens with zero attached hydrogens (tertiary/aromatic N) is 1. The van der Waals surface area contributed by atoms with Crippen LogP contribution in [0.2, 0.25) is 49.1 Å². The van der Waals surface area contributed by atoms with E-state index < -0.39 is 44.1 Å². The highest BCUT2D eigenvalue weighted by atomic mass is 32.2. The van der Waals surface area contributed by atoms with Gasteiger partial charge in [0.15, 0.2) is 16.6 Å². The molecule has 0 aromatic rings. The van der Waals surface area contributed by atoms with E-state index in [1.165, 1.54) is 0 Å². The largest absolute Gasteiger partial charge is 0.455 e. The van der Waals surface area contributed by atoms with Crippen LogP contribution in [0, 0.1) is 0 Å². The Labute approximate surface area is 244 Å². The Morgan fingerprint density at radius 3 is 1.69 bits per heavy atom. The second-order valence-electron chi connectivity index (χ2n) is 12.8. The molecule has 1 N–H and O–H groups in total.